The molecule has 1 aliphatic heterocycles. The predicted molar refractivity (Wildman–Crippen MR) is 116 cm³/mol. The second-order valence-corrected chi connectivity index (χ2v) is 11.4. The van der Waals surface area contributed by atoms with E-state index in [1.807, 2.05) is 0 Å². The minimum atomic E-state index is -3.43. The highest BCUT2D eigenvalue weighted by atomic mass is 32.2. The summed E-state index contributed by atoms with van der Waals surface area (Å²) in [4.78, 5) is 14.5. The molecule has 7 nitrogen and oxygen atoms in total. The van der Waals surface area contributed by atoms with E-state index < -0.39 is 19.9 Å². The summed E-state index contributed by atoms with van der Waals surface area (Å²) in [5, 5.41) is 0. The molecule has 1 heterocycles. The smallest absolute Gasteiger partial charge is 0.243 e. The van der Waals surface area contributed by atoms with Gasteiger partial charge in [-0.1, -0.05) is 12.1 Å². The average Bonchev–Trinajstić information content (AvgIpc) is 3.27. The quantitative estimate of drug-likeness (QED) is 0.646. The Hall–Kier alpha value is -2.23. The summed E-state index contributed by atoms with van der Waals surface area (Å²) < 4.78 is 49.7. The van der Waals surface area contributed by atoms with Crippen LogP contribution in [0.15, 0.2) is 58.3 Å². The largest absolute Gasteiger partial charge is 0.315 e. The van der Waals surface area contributed by atoms with E-state index in [0.717, 1.165) is 24.7 Å². The highest BCUT2D eigenvalue weighted by Crippen LogP contribution is 2.22. The standard InChI is InChI=1S/C21H26N2O5S2/c1-22(18-8-12-19(13-9-18)29(2,25)26)21(24)14-7-17-5-10-20(11-6-17)30(27,28)23-15-3-4-16-23/h5-6,8-13H,3-4,7,14-16H2,1-2H3. The minimum absolute atomic E-state index is 0.115. The van der Waals surface area contributed by atoms with Gasteiger partial charge in [0.25, 0.3) is 0 Å². The fourth-order valence-electron chi connectivity index (χ4n) is 3.39. The molecular weight excluding hydrogens is 424 g/mol. The Labute approximate surface area is 178 Å². The minimum Gasteiger partial charge on any atom is -0.315 e. The van der Waals surface area contributed by atoms with E-state index in [0.29, 0.717) is 25.2 Å². The van der Waals surface area contributed by atoms with Gasteiger partial charge in [0.15, 0.2) is 9.84 Å². The maximum Gasteiger partial charge on any atom is 0.243 e. The summed E-state index contributed by atoms with van der Waals surface area (Å²) in [7, 11) is -5.07. The third kappa shape index (κ3) is 5.08. The van der Waals surface area contributed by atoms with Crippen molar-refractivity contribution in [2.24, 2.45) is 0 Å². The fraction of sp³-hybridized carbons (Fsp3) is 0.381. The van der Waals surface area contributed by atoms with Gasteiger partial charge in [-0.15, -0.1) is 0 Å². The van der Waals surface area contributed by atoms with Crippen LogP contribution in [0.25, 0.3) is 0 Å². The lowest BCUT2D eigenvalue weighted by atomic mass is 10.1. The number of aryl methyl sites for hydroxylation is 1. The Kier molecular flexibility index (Phi) is 6.64. The molecule has 1 fully saturated rings. The van der Waals surface area contributed by atoms with Gasteiger partial charge in [0.05, 0.1) is 9.79 Å². The number of benzene rings is 2. The first-order chi connectivity index (χ1) is 14.1. The lowest BCUT2D eigenvalue weighted by Gasteiger charge is -2.18. The van der Waals surface area contributed by atoms with Gasteiger partial charge in [-0.2, -0.15) is 4.31 Å². The van der Waals surface area contributed by atoms with Gasteiger partial charge in [0.2, 0.25) is 15.9 Å². The molecule has 162 valence electrons. The molecule has 1 aliphatic rings. The number of anilines is 1. The van der Waals surface area contributed by atoms with Crippen molar-refractivity contribution in [3.63, 3.8) is 0 Å². The molecule has 0 saturated carbocycles. The molecule has 2 aromatic carbocycles. The topological polar surface area (TPSA) is 91.8 Å². The van der Waals surface area contributed by atoms with Crippen LogP contribution >= 0.6 is 0 Å². The first kappa shape index (κ1) is 22.5. The number of rotatable bonds is 7. The van der Waals surface area contributed by atoms with Crippen molar-refractivity contribution in [3.05, 3.63) is 54.1 Å². The Morgan fingerprint density at radius 2 is 1.43 bits per heavy atom. The van der Waals surface area contributed by atoms with E-state index in [2.05, 4.69) is 0 Å². The summed E-state index contributed by atoms with van der Waals surface area (Å²) in [5.41, 5.74) is 1.49. The normalized spacial score (nSPS) is 15.3. The van der Waals surface area contributed by atoms with Crippen LogP contribution in [0, 0.1) is 0 Å². The first-order valence-corrected chi connectivity index (χ1v) is 13.1. The lowest BCUT2D eigenvalue weighted by molar-refractivity contribution is -0.118. The molecule has 0 N–H and O–H groups in total. The molecular formula is C21H26N2O5S2. The molecule has 0 spiro atoms. The van der Waals surface area contributed by atoms with Crippen LogP contribution in [0.3, 0.4) is 0 Å². The molecule has 0 radical (unpaired) electrons. The van der Waals surface area contributed by atoms with Crippen molar-refractivity contribution in [3.8, 4) is 0 Å². The summed E-state index contributed by atoms with van der Waals surface area (Å²) >= 11 is 0. The van der Waals surface area contributed by atoms with Crippen LogP contribution in [-0.4, -0.2) is 53.4 Å². The van der Waals surface area contributed by atoms with Crippen LogP contribution in [0.1, 0.15) is 24.8 Å². The Bertz CT molecular complexity index is 1100. The highest BCUT2D eigenvalue weighted by Gasteiger charge is 2.26. The van der Waals surface area contributed by atoms with Gasteiger partial charge in [0.1, 0.15) is 0 Å². The highest BCUT2D eigenvalue weighted by molar-refractivity contribution is 7.90. The number of amides is 1. The molecule has 3 rings (SSSR count). The van der Waals surface area contributed by atoms with Crippen molar-refractivity contribution in [1.82, 2.24) is 4.31 Å². The molecule has 1 saturated heterocycles. The molecule has 0 aliphatic carbocycles. The zero-order chi connectivity index (χ0) is 21.9. The second-order valence-electron chi connectivity index (χ2n) is 7.47. The number of carbonyl (C=O) groups is 1. The molecule has 0 aromatic heterocycles. The maximum atomic E-state index is 12.6. The molecule has 30 heavy (non-hydrogen) atoms. The Balaban J connectivity index is 1.60. The fourth-order valence-corrected chi connectivity index (χ4v) is 5.53. The summed E-state index contributed by atoms with van der Waals surface area (Å²) in [6, 6.07) is 12.9. The van der Waals surface area contributed by atoms with Crippen molar-refractivity contribution in [2.75, 3.05) is 31.3 Å². The lowest BCUT2D eigenvalue weighted by Crippen LogP contribution is -2.27. The van der Waals surface area contributed by atoms with Crippen molar-refractivity contribution >= 4 is 31.5 Å². The van der Waals surface area contributed by atoms with E-state index in [4.69, 9.17) is 0 Å². The van der Waals surface area contributed by atoms with E-state index >= 15 is 0 Å². The van der Waals surface area contributed by atoms with Crippen LogP contribution in [0.5, 0.6) is 0 Å². The van der Waals surface area contributed by atoms with Crippen LogP contribution in [0.4, 0.5) is 5.69 Å². The van der Waals surface area contributed by atoms with Crippen molar-refractivity contribution in [1.29, 1.82) is 0 Å². The van der Waals surface area contributed by atoms with Gasteiger partial charge in [0, 0.05) is 38.5 Å². The SMILES string of the molecule is CN(C(=O)CCc1ccc(S(=O)(=O)N2CCCC2)cc1)c1ccc(S(C)(=O)=O)cc1. The Morgan fingerprint density at radius 1 is 0.900 bits per heavy atom. The van der Waals surface area contributed by atoms with E-state index in [-0.39, 0.29) is 22.1 Å². The van der Waals surface area contributed by atoms with Gasteiger partial charge in [-0.25, -0.2) is 16.8 Å². The van der Waals surface area contributed by atoms with E-state index in [9.17, 15) is 21.6 Å². The average molecular weight is 451 g/mol. The van der Waals surface area contributed by atoms with Crippen LogP contribution < -0.4 is 4.90 Å². The molecule has 1 amide bonds. The number of hydrogen-bond acceptors (Lipinski definition) is 5. The third-order valence-corrected chi connectivity index (χ3v) is 8.32. The van der Waals surface area contributed by atoms with Crippen LogP contribution in [0.2, 0.25) is 0 Å². The summed E-state index contributed by atoms with van der Waals surface area (Å²) in [5.74, 6) is -0.115. The number of hydrogen-bond donors (Lipinski definition) is 0. The Morgan fingerprint density at radius 3 is 1.97 bits per heavy atom. The van der Waals surface area contributed by atoms with Crippen molar-refractivity contribution < 1.29 is 21.6 Å². The van der Waals surface area contributed by atoms with E-state index in [1.54, 1.807) is 43.4 Å². The third-order valence-electron chi connectivity index (χ3n) is 5.28. The van der Waals surface area contributed by atoms with Crippen LogP contribution in [-0.2, 0) is 31.1 Å². The van der Waals surface area contributed by atoms with Gasteiger partial charge in [-0.05, 0) is 61.2 Å². The second kappa shape index (κ2) is 8.87. The van der Waals surface area contributed by atoms with Gasteiger partial charge >= 0.3 is 0 Å². The van der Waals surface area contributed by atoms with Crippen molar-refractivity contribution in [2.45, 2.75) is 35.5 Å². The predicted octanol–water partition coefficient (Wildman–Crippen LogP) is 2.47. The zero-order valence-corrected chi connectivity index (χ0v) is 18.7. The van der Waals surface area contributed by atoms with Gasteiger partial charge < -0.3 is 4.90 Å². The summed E-state index contributed by atoms with van der Waals surface area (Å²) in [6.45, 7) is 1.13. The maximum absolute atomic E-state index is 12.6. The molecule has 2 aromatic rings. The molecule has 9 heteroatoms. The number of carbonyl (C=O) groups excluding carboxylic acids is 1. The number of nitrogens with zero attached hydrogens (tertiary/aromatic N) is 2. The number of sulfone groups is 1. The van der Waals surface area contributed by atoms with E-state index in [1.165, 1.54) is 21.3 Å². The monoisotopic (exact) mass is 450 g/mol. The molecule has 0 unspecified atom stereocenters. The summed E-state index contributed by atoms with van der Waals surface area (Å²) in [6.07, 6.45) is 3.66. The molecule has 0 atom stereocenters. The number of sulfonamides is 1. The first-order valence-electron chi connectivity index (χ1n) is 9.75. The molecule has 0 bridgehead atoms. The van der Waals surface area contributed by atoms with Gasteiger partial charge in [-0.3, -0.25) is 4.79 Å². The zero-order valence-electron chi connectivity index (χ0n) is 17.1.